The molecular weight excluding hydrogens is 186 g/mol. The van der Waals surface area contributed by atoms with Crippen LogP contribution in [-0.2, 0) is 9.13 Å². The van der Waals surface area contributed by atoms with Gasteiger partial charge in [-0.05, 0) is 9.13 Å². The van der Waals surface area contributed by atoms with Crippen molar-refractivity contribution >= 4 is 16.4 Å². The first kappa shape index (κ1) is 17.2. The van der Waals surface area contributed by atoms with Crippen LogP contribution in [0.5, 0.6) is 0 Å². The molecule has 0 aromatic carbocycles. The predicted octanol–water partition coefficient (Wildman–Crippen LogP) is -7.38. The predicted molar refractivity (Wildman–Crippen MR) is 18.3 cm³/mol. The van der Waals surface area contributed by atoms with E-state index in [0.717, 1.165) is 0 Å². The number of nitrogens with one attached hydrogen (secondary N) is 1. The molecule has 0 radical (unpaired) electrons. The third kappa shape index (κ3) is 17.8. The summed E-state index contributed by atoms with van der Waals surface area (Å²) in [5.41, 5.74) is 0. The molecule has 0 aliphatic rings. The van der Waals surface area contributed by atoms with Gasteiger partial charge in [0.15, 0.2) is 0 Å². The standard InChI is InChI=1S/HNO4P2.2Na/c2-6(3)1-7(4)5;;/h(H,1,2,3,4,5);;/q;2*+1. The molecule has 0 spiro atoms. The van der Waals surface area contributed by atoms with Crippen LogP contribution < -0.4 is 73.8 Å². The molecule has 0 aromatic heterocycles. The minimum atomic E-state index is -2.99. The van der Waals surface area contributed by atoms with Gasteiger partial charge in [0.2, 0.25) is 0 Å². The van der Waals surface area contributed by atoms with Crippen molar-refractivity contribution in [1.29, 1.82) is 0 Å². The zero-order valence-corrected chi connectivity index (χ0v) is 10.8. The average molecular weight is 187 g/mol. The van der Waals surface area contributed by atoms with Gasteiger partial charge in [-0.1, -0.05) is 0 Å². The largest absolute Gasteiger partial charge is 1.00 e. The Kier molecular flexibility index (Phi) is 19.3. The van der Waals surface area contributed by atoms with E-state index in [4.69, 9.17) is 0 Å². The van der Waals surface area contributed by atoms with E-state index in [1.807, 2.05) is 0 Å². The molecule has 1 N–H and O–H groups in total. The maximum Gasteiger partial charge on any atom is 1.00 e. The molecule has 0 aliphatic heterocycles. The molecule has 2 atom stereocenters. The van der Waals surface area contributed by atoms with Crippen molar-refractivity contribution in [1.82, 2.24) is 4.86 Å². The summed E-state index contributed by atoms with van der Waals surface area (Å²) in [5.74, 6) is 0. The maximum atomic E-state index is 9.35. The Hall–Kier alpha value is 2.08. The molecule has 40 valence electrons. The number of rotatable bonds is 2. The van der Waals surface area contributed by atoms with Gasteiger partial charge in [0.05, 0.1) is 0 Å². The molecular formula is HNNa2O4P2+2. The molecule has 0 heterocycles. The molecule has 0 saturated heterocycles. The Labute approximate surface area is 98.0 Å². The second kappa shape index (κ2) is 10.1. The van der Waals surface area contributed by atoms with Crippen molar-refractivity contribution < 1.29 is 78.0 Å². The Bertz CT molecular complexity index is 92.7. The Morgan fingerprint density at radius 2 is 1.22 bits per heavy atom. The van der Waals surface area contributed by atoms with Gasteiger partial charge in [0, 0.05) is 0 Å². The van der Waals surface area contributed by atoms with Crippen molar-refractivity contribution in [3.8, 4) is 0 Å². The fourth-order valence-corrected chi connectivity index (χ4v) is 0.600. The molecule has 2 unspecified atom stereocenters. The zero-order chi connectivity index (χ0) is 5.86. The smallest absolute Gasteiger partial charge is 0.575 e. The molecule has 0 amide bonds. The Morgan fingerprint density at radius 1 is 1.00 bits per heavy atom. The van der Waals surface area contributed by atoms with E-state index >= 15 is 0 Å². The third-order valence-electron chi connectivity index (χ3n) is 0.163. The number of hydrogen-bond donors (Lipinski definition) is 1. The molecule has 0 rings (SSSR count). The van der Waals surface area contributed by atoms with Crippen LogP contribution in [0.3, 0.4) is 0 Å². The summed E-state index contributed by atoms with van der Waals surface area (Å²) in [6.07, 6.45) is 0. The van der Waals surface area contributed by atoms with E-state index in [1.54, 1.807) is 0 Å². The summed E-state index contributed by atoms with van der Waals surface area (Å²) < 4.78 is 18.7. The summed E-state index contributed by atoms with van der Waals surface area (Å²) in [6, 6.07) is 0. The van der Waals surface area contributed by atoms with Gasteiger partial charge in [0.1, 0.15) is 4.86 Å². The molecule has 5 nitrogen and oxygen atoms in total. The van der Waals surface area contributed by atoms with Gasteiger partial charge < -0.3 is 9.79 Å². The van der Waals surface area contributed by atoms with Crippen molar-refractivity contribution in [2.45, 2.75) is 0 Å². The fourth-order valence-electron chi connectivity index (χ4n) is 0.0667. The van der Waals surface area contributed by atoms with Crippen LogP contribution in [0, 0.1) is 0 Å². The van der Waals surface area contributed by atoms with Crippen LogP contribution in [0.15, 0.2) is 0 Å². The first-order valence-corrected chi connectivity index (χ1v) is 3.53. The molecule has 0 aliphatic carbocycles. The van der Waals surface area contributed by atoms with Gasteiger partial charge in [0.25, 0.3) is 0 Å². The van der Waals surface area contributed by atoms with Crippen molar-refractivity contribution in [2.24, 2.45) is 0 Å². The van der Waals surface area contributed by atoms with E-state index in [1.165, 1.54) is 4.86 Å². The molecule has 0 bridgehead atoms. The summed E-state index contributed by atoms with van der Waals surface area (Å²) >= 11 is 0. The SMILES string of the molecule is O=[P+]([O-])N[P+](=O)[O-].[Na+].[Na+]. The van der Waals surface area contributed by atoms with Crippen LogP contribution in [0.2, 0.25) is 0 Å². The zero-order valence-electron chi connectivity index (χ0n) is 5.03. The summed E-state index contributed by atoms with van der Waals surface area (Å²) in [4.78, 5) is 19.9. The molecule has 0 saturated carbocycles. The minimum absolute atomic E-state index is 0. The summed E-state index contributed by atoms with van der Waals surface area (Å²) in [5, 5.41) is 0. The van der Waals surface area contributed by atoms with E-state index in [0.29, 0.717) is 0 Å². The van der Waals surface area contributed by atoms with E-state index in [2.05, 4.69) is 0 Å². The monoisotopic (exact) mass is 187 g/mol. The van der Waals surface area contributed by atoms with E-state index in [9.17, 15) is 18.9 Å². The van der Waals surface area contributed by atoms with Gasteiger partial charge in [-0.15, -0.1) is 0 Å². The first-order valence-electron chi connectivity index (χ1n) is 1.18. The van der Waals surface area contributed by atoms with Crippen molar-refractivity contribution in [3.63, 3.8) is 0 Å². The Balaban J connectivity index is -0.000000180. The normalized spacial score (nSPS) is 10.4. The molecule has 0 fully saturated rings. The van der Waals surface area contributed by atoms with Gasteiger partial charge in [-0.2, -0.15) is 0 Å². The van der Waals surface area contributed by atoms with Gasteiger partial charge >= 0.3 is 75.5 Å². The van der Waals surface area contributed by atoms with Crippen LogP contribution in [0.1, 0.15) is 0 Å². The van der Waals surface area contributed by atoms with Crippen molar-refractivity contribution in [3.05, 3.63) is 0 Å². The van der Waals surface area contributed by atoms with Crippen molar-refractivity contribution in [2.75, 3.05) is 0 Å². The van der Waals surface area contributed by atoms with Crippen LogP contribution in [0.4, 0.5) is 0 Å². The molecule has 0 aromatic rings. The maximum absolute atomic E-state index is 9.35. The van der Waals surface area contributed by atoms with E-state index in [-0.39, 0.29) is 59.1 Å². The summed E-state index contributed by atoms with van der Waals surface area (Å²) in [7, 11) is -5.97. The second-order valence-electron chi connectivity index (χ2n) is 0.614. The topological polar surface area (TPSA) is 92.3 Å². The third-order valence-corrected chi connectivity index (χ3v) is 1.47. The molecule has 9 heavy (non-hydrogen) atoms. The summed E-state index contributed by atoms with van der Waals surface area (Å²) in [6.45, 7) is 0. The Morgan fingerprint density at radius 3 is 1.22 bits per heavy atom. The van der Waals surface area contributed by atoms with Gasteiger partial charge in [-0.25, -0.2) is 0 Å². The van der Waals surface area contributed by atoms with Crippen LogP contribution in [0.25, 0.3) is 0 Å². The van der Waals surface area contributed by atoms with Crippen LogP contribution in [-0.4, -0.2) is 0 Å². The minimum Gasteiger partial charge on any atom is -0.575 e. The second-order valence-corrected chi connectivity index (χ2v) is 2.44. The number of hydrogen-bond acceptors (Lipinski definition) is 4. The molecule has 9 heteroatoms. The first-order chi connectivity index (χ1) is 3.13. The average Bonchev–Trinajstić information content (AvgIpc) is 1.27. The fraction of sp³-hybridized carbons (Fsp3) is 0. The quantitative estimate of drug-likeness (QED) is 0.342. The van der Waals surface area contributed by atoms with Crippen LogP contribution >= 0.6 is 16.4 Å². The van der Waals surface area contributed by atoms with Gasteiger partial charge in [-0.3, -0.25) is 0 Å². The van der Waals surface area contributed by atoms with E-state index < -0.39 is 16.4 Å².